The average molecular weight is 468 g/mol. The predicted octanol–water partition coefficient (Wildman–Crippen LogP) is 3.94. The third kappa shape index (κ3) is 6.80. The molecule has 164 valence electrons. The van der Waals surface area contributed by atoms with E-state index in [1.165, 1.54) is 29.3 Å². The molecule has 10 heteroatoms. The number of carbonyl (C=O) groups excluding carboxylic acids is 1. The summed E-state index contributed by atoms with van der Waals surface area (Å²) in [6, 6.07) is 14.8. The van der Waals surface area contributed by atoms with E-state index in [1.807, 2.05) is 38.1 Å². The Bertz CT molecular complexity index is 1140. The number of carbonyl (C=O) groups is 1. The number of nitrogens with zero attached hydrogens (tertiary/aromatic N) is 4. The van der Waals surface area contributed by atoms with Crippen LogP contribution in [-0.2, 0) is 11.4 Å². The maximum Gasteiger partial charge on any atom is 0.250 e. The highest BCUT2D eigenvalue weighted by Gasteiger charge is 2.09. The van der Waals surface area contributed by atoms with Crippen molar-refractivity contribution in [1.29, 1.82) is 5.26 Å². The molecule has 0 bridgehead atoms. The van der Waals surface area contributed by atoms with Crippen LogP contribution in [0.15, 0.2) is 51.9 Å². The molecule has 2 aromatic carbocycles. The Morgan fingerprint density at radius 2 is 2.09 bits per heavy atom. The summed E-state index contributed by atoms with van der Waals surface area (Å²) >= 11 is 2.76. The summed E-state index contributed by atoms with van der Waals surface area (Å²) in [6.07, 6.45) is 1.54. The first-order chi connectivity index (χ1) is 15.6. The molecule has 0 unspecified atom stereocenters. The van der Waals surface area contributed by atoms with E-state index in [1.54, 1.807) is 18.2 Å². The van der Waals surface area contributed by atoms with Gasteiger partial charge in [-0.15, -0.1) is 10.2 Å². The van der Waals surface area contributed by atoms with Gasteiger partial charge in [0.05, 0.1) is 30.2 Å². The third-order valence-corrected chi connectivity index (χ3v) is 6.00. The Labute approximate surface area is 194 Å². The fourth-order valence-corrected chi connectivity index (χ4v) is 4.19. The van der Waals surface area contributed by atoms with Crippen LogP contribution in [0.4, 0.5) is 0 Å². The molecule has 0 aliphatic rings. The molecule has 0 fully saturated rings. The first-order valence-electron chi connectivity index (χ1n) is 9.71. The molecule has 1 heterocycles. The number of nitrogens with one attached hydrogen (secondary N) is 1. The molecule has 3 aromatic rings. The van der Waals surface area contributed by atoms with Gasteiger partial charge in [0, 0.05) is 5.56 Å². The van der Waals surface area contributed by atoms with E-state index >= 15 is 0 Å². The lowest BCUT2D eigenvalue weighted by Crippen LogP contribution is -2.19. The first-order valence-corrected chi connectivity index (χ1v) is 11.5. The van der Waals surface area contributed by atoms with E-state index in [0.29, 0.717) is 23.7 Å². The standard InChI is InChI=1S/C22H21N5O3S2/c1-3-29-20-10-16(12-24-26-21(28)14-31-22-27-25-15(2)32-22)8-9-19(20)30-13-18-7-5-4-6-17(18)11-23/h4-10,12H,3,13-14H2,1-2H3,(H,26,28)/b24-12-. The van der Waals surface area contributed by atoms with Crippen LogP contribution in [0, 0.1) is 18.3 Å². The van der Waals surface area contributed by atoms with Crippen LogP contribution in [0.2, 0.25) is 0 Å². The van der Waals surface area contributed by atoms with E-state index in [0.717, 1.165) is 20.5 Å². The van der Waals surface area contributed by atoms with Crippen LogP contribution in [0.5, 0.6) is 11.5 Å². The van der Waals surface area contributed by atoms with Gasteiger partial charge in [-0.05, 0) is 43.7 Å². The molecule has 3 rings (SSSR count). The Kier molecular flexibility index (Phi) is 8.60. The molecular formula is C22H21N5O3S2. The van der Waals surface area contributed by atoms with Crippen molar-refractivity contribution in [3.8, 4) is 17.6 Å². The number of rotatable bonds is 10. The van der Waals surface area contributed by atoms with E-state index in [-0.39, 0.29) is 18.3 Å². The number of nitriles is 1. The lowest BCUT2D eigenvalue weighted by molar-refractivity contribution is -0.118. The van der Waals surface area contributed by atoms with Gasteiger partial charge in [-0.1, -0.05) is 41.3 Å². The van der Waals surface area contributed by atoms with Crippen LogP contribution >= 0.6 is 23.1 Å². The monoisotopic (exact) mass is 467 g/mol. The summed E-state index contributed by atoms with van der Waals surface area (Å²) in [5.41, 5.74) is 4.61. The highest BCUT2D eigenvalue weighted by Crippen LogP contribution is 2.29. The molecule has 0 saturated carbocycles. The van der Waals surface area contributed by atoms with Crippen LogP contribution < -0.4 is 14.9 Å². The van der Waals surface area contributed by atoms with Gasteiger partial charge in [-0.25, -0.2) is 5.43 Å². The van der Waals surface area contributed by atoms with Crippen LogP contribution in [0.25, 0.3) is 0 Å². The molecule has 1 N–H and O–H groups in total. The summed E-state index contributed by atoms with van der Waals surface area (Å²) in [6.45, 7) is 4.46. The molecule has 1 aromatic heterocycles. The minimum Gasteiger partial charge on any atom is -0.490 e. The van der Waals surface area contributed by atoms with Crippen molar-refractivity contribution >= 4 is 35.2 Å². The number of aromatic nitrogens is 2. The van der Waals surface area contributed by atoms with Gasteiger partial charge < -0.3 is 9.47 Å². The molecule has 0 radical (unpaired) electrons. The van der Waals surface area contributed by atoms with Gasteiger partial charge in [-0.3, -0.25) is 4.79 Å². The zero-order valence-electron chi connectivity index (χ0n) is 17.6. The second-order valence-electron chi connectivity index (χ2n) is 6.37. The zero-order valence-corrected chi connectivity index (χ0v) is 19.2. The maximum atomic E-state index is 12.0. The number of amides is 1. The molecule has 0 saturated heterocycles. The minimum absolute atomic E-state index is 0.202. The highest BCUT2D eigenvalue weighted by atomic mass is 32.2. The number of aryl methyl sites for hydroxylation is 1. The van der Waals surface area contributed by atoms with Gasteiger partial charge in [0.2, 0.25) is 0 Å². The number of hydrazone groups is 1. The van der Waals surface area contributed by atoms with Crippen molar-refractivity contribution in [2.45, 2.75) is 24.8 Å². The number of hydrogen-bond donors (Lipinski definition) is 1. The summed E-state index contributed by atoms with van der Waals surface area (Å²) in [7, 11) is 0. The summed E-state index contributed by atoms with van der Waals surface area (Å²) < 4.78 is 12.3. The second kappa shape index (κ2) is 11.8. The van der Waals surface area contributed by atoms with E-state index in [2.05, 4.69) is 26.8 Å². The van der Waals surface area contributed by atoms with E-state index in [4.69, 9.17) is 9.47 Å². The van der Waals surface area contributed by atoms with E-state index in [9.17, 15) is 10.1 Å². The number of ether oxygens (including phenoxy) is 2. The van der Waals surface area contributed by atoms with Crippen LogP contribution in [-0.4, -0.2) is 34.7 Å². The van der Waals surface area contributed by atoms with Crippen molar-refractivity contribution in [2.75, 3.05) is 12.4 Å². The smallest absolute Gasteiger partial charge is 0.250 e. The molecular weight excluding hydrogens is 446 g/mol. The fourth-order valence-electron chi connectivity index (χ4n) is 2.58. The minimum atomic E-state index is -0.236. The van der Waals surface area contributed by atoms with Crippen molar-refractivity contribution < 1.29 is 14.3 Å². The topological polar surface area (TPSA) is 109 Å². The van der Waals surface area contributed by atoms with Gasteiger partial charge in [-0.2, -0.15) is 10.4 Å². The number of thioether (sulfide) groups is 1. The van der Waals surface area contributed by atoms with Crippen molar-refractivity contribution in [3.05, 3.63) is 64.2 Å². The first kappa shape index (κ1) is 23.2. The molecule has 32 heavy (non-hydrogen) atoms. The molecule has 8 nitrogen and oxygen atoms in total. The Morgan fingerprint density at radius 3 is 2.84 bits per heavy atom. The number of benzene rings is 2. The van der Waals surface area contributed by atoms with Crippen molar-refractivity contribution in [2.24, 2.45) is 5.10 Å². The Balaban J connectivity index is 1.58. The summed E-state index contributed by atoms with van der Waals surface area (Å²) in [5, 5.41) is 22.0. The predicted molar refractivity (Wildman–Crippen MR) is 124 cm³/mol. The van der Waals surface area contributed by atoms with Gasteiger partial charge in [0.15, 0.2) is 15.8 Å². The van der Waals surface area contributed by atoms with E-state index < -0.39 is 0 Å². The summed E-state index contributed by atoms with van der Waals surface area (Å²) in [5.74, 6) is 1.08. The molecule has 0 atom stereocenters. The van der Waals surface area contributed by atoms with Gasteiger partial charge >= 0.3 is 0 Å². The molecule has 1 amide bonds. The summed E-state index contributed by atoms with van der Waals surface area (Å²) in [4.78, 5) is 12.0. The molecule has 0 aliphatic carbocycles. The normalized spacial score (nSPS) is 10.7. The average Bonchev–Trinajstić information content (AvgIpc) is 3.22. The van der Waals surface area contributed by atoms with Gasteiger partial charge in [0.1, 0.15) is 11.6 Å². The second-order valence-corrected chi connectivity index (χ2v) is 8.77. The maximum absolute atomic E-state index is 12.0. The van der Waals surface area contributed by atoms with Crippen LogP contribution in [0.1, 0.15) is 28.6 Å². The lowest BCUT2D eigenvalue weighted by atomic mass is 10.1. The fraction of sp³-hybridized carbons (Fsp3) is 0.227. The van der Waals surface area contributed by atoms with Crippen LogP contribution in [0.3, 0.4) is 0 Å². The van der Waals surface area contributed by atoms with Crippen molar-refractivity contribution in [1.82, 2.24) is 15.6 Å². The largest absolute Gasteiger partial charge is 0.490 e. The SMILES string of the molecule is CCOc1cc(/C=N\NC(=O)CSc2nnc(C)s2)ccc1OCc1ccccc1C#N. The van der Waals surface area contributed by atoms with Gasteiger partial charge in [0.25, 0.3) is 5.91 Å². The molecule has 0 aliphatic heterocycles. The number of hydrogen-bond acceptors (Lipinski definition) is 9. The lowest BCUT2D eigenvalue weighted by Gasteiger charge is -2.13. The highest BCUT2D eigenvalue weighted by molar-refractivity contribution is 8.01. The Morgan fingerprint density at radius 1 is 1.25 bits per heavy atom. The quantitative estimate of drug-likeness (QED) is 0.273. The zero-order chi connectivity index (χ0) is 22.8. The van der Waals surface area contributed by atoms with Crippen molar-refractivity contribution in [3.63, 3.8) is 0 Å². The Hall–Kier alpha value is -3.42. The third-order valence-electron chi connectivity index (χ3n) is 4.03. The molecule has 0 spiro atoms.